The van der Waals surface area contributed by atoms with Gasteiger partial charge < -0.3 is 16.0 Å². The lowest BCUT2D eigenvalue weighted by Crippen LogP contribution is -2.38. The van der Waals surface area contributed by atoms with Gasteiger partial charge in [-0.05, 0) is 6.92 Å². The Kier molecular flexibility index (Phi) is 3.78. The molecule has 6 nitrogen and oxygen atoms in total. The van der Waals surface area contributed by atoms with E-state index in [9.17, 15) is 4.21 Å². The molecule has 0 amide bonds. The van der Waals surface area contributed by atoms with Crippen molar-refractivity contribution in [2.75, 3.05) is 47.1 Å². The summed E-state index contributed by atoms with van der Waals surface area (Å²) in [6.07, 6.45) is 0. The highest BCUT2D eigenvalue weighted by atomic mass is 32.2. The van der Waals surface area contributed by atoms with Crippen molar-refractivity contribution in [2.45, 2.75) is 6.92 Å². The molecule has 1 saturated heterocycles. The van der Waals surface area contributed by atoms with E-state index >= 15 is 0 Å². The molecule has 1 fully saturated rings. The topological polar surface area (TPSA) is 84.1 Å². The zero-order chi connectivity index (χ0) is 12.3. The number of nitrogens with one attached hydrogen (secondary N) is 1. The van der Waals surface area contributed by atoms with Crippen LogP contribution in [0.25, 0.3) is 0 Å². The van der Waals surface area contributed by atoms with Crippen LogP contribution in [0.1, 0.15) is 6.92 Å². The average Bonchev–Trinajstić information content (AvgIpc) is 2.29. The van der Waals surface area contributed by atoms with Crippen LogP contribution in [0, 0.1) is 0 Å². The molecule has 0 bridgehead atoms. The van der Waals surface area contributed by atoms with E-state index in [0.29, 0.717) is 11.5 Å². The van der Waals surface area contributed by atoms with E-state index in [2.05, 4.69) is 20.2 Å². The molecule has 1 aromatic heterocycles. The summed E-state index contributed by atoms with van der Waals surface area (Å²) >= 11 is 0. The maximum absolute atomic E-state index is 11.3. The summed E-state index contributed by atoms with van der Waals surface area (Å²) in [5.41, 5.74) is 5.67. The molecule has 0 atom stereocenters. The number of anilines is 3. The first-order valence-electron chi connectivity index (χ1n) is 5.67. The third kappa shape index (κ3) is 3.06. The van der Waals surface area contributed by atoms with E-state index in [1.807, 2.05) is 13.0 Å². The monoisotopic (exact) mass is 255 g/mol. The molecular formula is C10H17N5OS. The van der Waals surface area contributed by atoms with Gasteiger partial charge in [0.1, 0.15) is 11.6 Å². The normalized spacial score (nSPS) is 17.1. The number of hydrogen-bond donors (Lipinski definition) is 2. The first-order chi connectivity index (χ1) is 8.19. The van der Waals surface area contributed by atoms with Crippen molar-refractivity contribution < 1.29 is 4.21 Å². The molecule has 7 heteroatoms. The molecule has 0 aliphatic carbocycles. The Morgan fingerprint density at radius 3 is 2.82 bits per heavy atom. The summed E-state index contributed by atoms with van der Waals surface area (Å²) in [4.78, 5) is 10.4. The third-order valence-electron chi connectivity index (χ3n) is 2.59. The smallest absolute Gasteiger partial charge is 0.223 e. The van der Waals surface area contributed by atoms with E-state index in [1.54, 1.807) is 0 Å². The van der Waals surface area contributed by atoms with Crippen LogP contribution in [0.5, 0.6) is 0 Å². The number of nitrogens with zero attached hydrogens (tertiary/aromatic N) is 3. The molecule has 0 saturated carbocycles. The standard InChI is InChI=1S/C10H17N5OS/c1-2-12-8-7-9(14-10(11)13-8)15-3-5-17(16)6-4-15/h7H,2-6H2,1H3,(H3,11,12,13,14). The number of rotatable bonds is 3. The minimum Gasteiger partial charge on any atom is -0.370 e. The van der Waals surface area contributed by atoms with Crippen LogP contribution >= 0.6 is 0 Å². The van der Waals surface area contributed by atoms with Crippen LogP contribution < -0.4 is 16.0 Å². The summed E-state index contributed by atoms with van der Waals surface area (Å²) < 4.78 is 11.3. The van der Waals surface area contributed by atoms with Crippen LogP contribution in [0.15, 0.2) is 6.07 Å². The Balaban J connectivity index is 2.16. The molecule has 0 unspecified atom stereocenters. The maximum Gasteiger partial charge on any atom is 0.223 e. The zero-order valence-corrected chi connectivity index (χ0v) is 10.7. The SMILES string of the molecule is CCNc1cc(N2CCS(=O)CC2)nc(N)n1. The van der Waals surface area contributed by atoms with Gasteiger partial charge in [0.25, 0.3) is 0 Å². The van der Waals surface area contributed by atoms with Gasteiger partial charge in [-0.1, -0.05) is 0 Å². The fraction of sp³-hybridized carbons (Fsp3) is 0.600. The van der Waals surface area contributed by atoms with Gasteiger partial charge in [0, 0.05) is 48.0 Å². The van der Waals surface area contributed by atoms with Crippen LogP contribution in [0.4, 0.5) is 17.6 Å². The number of aromatic nitrogens is 2. The van der Waals surface area contributed by atoms with E-state index in [0.717, 1.165) is 31.3 Å². The van der Waals surface area contributed by atoms with Gasteiger partial charge in [0.15, 0.2) is 0 Å². The summed E-state index contributed by atoms with van der Waals surface area (Å²) in [5, 5.41) is 3.12. The lowest BCUT2D eigenvalue weighted by Gasteiger charge is -2.27. The predicted molar refractivity (Wildman–Crippen MR) is 70.7 cm³/mol. The zero-order valence-electron chi connectivity index (χ0n) is 9.85. The third-order valence-corrected chi connectivity index (χ3v) is 3.87. The Morgan fingerprint density at radius 2 is 2.18 bits per heavy atom. The Hall–Kier alpha value is -1.37. The molecule has 1 aliphatic rings. The van der Waals surface area contributed by atoms with Gasteiger partial charge in [-0.15, -0.1) is 0 Å². The first kappa shape index (κ1) is 12.1. The summed E-state index contributed by atoms with van der Waals surface area (Å²) in [6.45, 7) is 4.31. The highest BCUT2D eigenvalue weighted by Gasteiger charge is 2.17. The van der Waals surface area contributed by atoms with Crippen molar-refractivity contribution in [3.8, 4) is 0 Å². The van der Waals surface area contributed by atoms with Crippen molar-refractivity contribution in [1.82, 2.24) is 9.97 Å². The van der Waals surface area contributed by atoms with Crippen molar-refractivity contribution >= 4 is 28.4 Å². The average molecular weight is 255 g/mol. The minimum absolute atomic E-state index is 0.269. The van der Waals surface area contributed by atoms with Gasteiger partial charge in [-0.3, -0.25) is 4.21 Å². The van der Waals surface area contributed by atoms with Crippen molar-refractivity contribution in [3.63, 3.8) is 0 Å². The summed E-state index contributed by atoms with van der Waals surface area (Å²) in [7, 11) is -0.681. The van der Waals surface area contributed by atoms with Crippen molar-refractivity contribution in [1.29, 1.82) is 0 Å². The van der Waals surface area contributed by atoms with Crippen LogP contribution in [-0.2, 0) is 10.8 Å². The van der Waals surface area contributed by atoms with E-state index in [1.165, 1.54) is 0 Å². The van der Waals surface area contributed by atoms with Crippen LogP contribution in [0.2, 0.25) is 0 Å². The first-order valence-corrected chi connectivity index (χ1v) is 7.16. The molecule has 94 valence electrons. The molecule has 1 aromatic rings. The van der Waals surface area contributed by atoms with Gasteiger partial charge >= 0.3 is 0 Å². The Labute approximate surface area is 103 Å². The second-order valence-corrected chi connectivity index (χ2v) is 5.53. The molecule has 3 N–H and O–H groups in total. The number of nitrogens with two attached hydrogens (primary N) is 1. The largest absolute Gasteiger partial charge is 0.370 e. The lowest BCUT2D eigenvalue weighted by atomic mass is 10.4. The minimum atomic E-state index is -0.681. The summed E-state index contributed by atoms with van der Waals surface area (Å²) in [5.74, 6) is 3.21. The molecular weight excluding hydrogens is 238 g/mol. The second-order valence-electron chi connectivity index (χ2n) is 3.84. The van der Waals surface area contributed by atoms with Gasteiger partial charge in [-0.25, -0.2) is 0 Å². The highest BCUT2D eigenvalue weighted by molar-refractivity contribution is 7.85. The number of hydrogen-bond acceptors (Lipinski definition) is 6. The summed E-state index contributed by atoms with van der Waals surface area (Å²) in [6, 6.07) is 1.88. The van der Waals surface area contributed by atoms with Gasteiger partial charge in [-0.2, -0.15) is 9.97 Å². The fourth-order valence-electron chi connectivity index (χ4n) is 1.75. The molecule has 0 spiro atoms. The van der Waals surface area contributed by atoms with Crippen molar-refractivity contribution in [3.05, 3.63) is 6.07 Å². The van der Waals surface area contributed by atoms with E-state index in [-0.39, 0.29) is 5.95 Å². The van der Waals surface area contributed by atoms with Crippen LogP contribution in [0.3, 0.4) is 0 Å². The maximum atomic E-state index is 11.3. The van der Waals surface area contributed by atoms with Gasteiger partial charge in [0.05, 0.1) is 0 Å². The second kappa shape index (κ2) is 5.31. The molecule has 1 aliphatic heterocycles. The molecule has 0 aromatic carbocycles. The van der Waals surface area contributed by atoms with E-state index in [4.69, 9.17) is 5.73 Å². The van der Waals surface area contributed by atoms with Crippen LogP contribution in [-0.4, -0.2) is 45.3 Å². The Morgan fingerprint density at radius 1 is 1.47 bits per heavy atom. The molecule has 0 radical (unpaired) electrons. The van der Waals surface area contributed by atoms with Gasteiger partial charge in [0.2, 0.25) is 5.95 Å². The molecule has 2 rings (SSSR count). The predicted octanol–water partition coefficient (Wildman–Crippen LogP) is 0.0593. The lowest BCUT2D eigenvalue weighted by molar-refractivity contribution is 0.672. The van der Waals surface area contributed by atoms with Crippen molar-refractivity contribution in [2.24, 2.45) is 0 Å². The quantitative estimate of drug-likeness (QED) is 0.794. The number of nitrogen functional groups attached to an aromatic ring is 1. The molecule has 2 heterocycles. The fourth-order valence-corrected chi connectivity index (χ4v) is 2.81. The highest BCUT2D eigenvalue weighted by Crippen LogP contribution is 2.18. The molecule has 17 heavy (non-hydrogen) atoms. The van der Waals surface area contributed by atoms with E-state index < -0.39 is 10.8 Å². The Bertz CT molecular complexity index is 415.